The highest BCUT2D eigenvalue weighted by Crippen LogP contribution is 2.25. The number of nitrogens with one attached hydrogen (secondary N) is 1. The van der Waals surface area contributed by atoms with Crippen LogP contribution in [0.3, 0.4) is 0 Å². The Morgan fingerprint density at radius 3 is 2.76 bits per heavy atom. The zero-order chi connectivity index (χ0) is 12.4. The van der Waals surface area contributed by atoms with Gasteiger partial charge in [-0.15, -0.1) is 11.3 Å². The third-order valence-corrected chi connectivity index (χ3v) is 3.12. The smallest absolute Gasteiger partial charge is 0.200 e. The molecular formula is C10H7ClF2N2OS. The van der Waals surface area contributed by atoms with Gasteiger partial charge >= 0.3 is 0 Å². The monoisotopic (exact) mass is 276 g/mol. The van der Waals surface area contributed by atoms with E-state index in [-0.39, 0.29) is 5.69 Å². The summed E-state index contributed by atoms with van der Waals surface area (Å²) in [6, 6.07) is 2.08. The van der Waals surface area contributed by atoms with Gasteiger partial charge in [-0.25, -0.2) is 9.37 Å². The van der Waals surface area contributed by atoms with Crippen LogP contribution in [0.1, 0.15) is 4.88 Å². The number of rotatable bonds is 3. The Kier molecular flexibility index (Phi) is 3.44. The lowest BCUT2D eigenvalue weighted by atomic mass is 10.2. The first-order valence-corrected chi connectivity index (χ1v) is 5.78. The molecule has 0 saturated carbocycles. The lowest BCUT2D eigenvalue weighted by Crippen LogP contribution is -1.98. The minimum atomic E-state index is -1.25. The lowest BCUT2D eigenvalue weighted by Gasteiger charge is -2.06. The third kappa shape index (κ3) is 2.83. The zero-order valence-corrected chi connectivity index (χ0v) is 9.95. The van der Waals surface area contributed by atoms with Crippen LogP contribution < -0.4 is 5.32 Å². The van der Waals surface area contributed by atoms with E-state index in [1.807, 2.05) is 0 Å². The van der Waals surface area contributed by atoms with Crippen molar-refractivity contribution < 1.29 is 13.9 Å². The average molecular weight is 277 g/mol. The standard InChI is InChI=1S/C10H7ClF2N2OS/c11-10-15-4-6(17-10)3-14-5-1-7(12)9(13)8(16)2-5/h1-2,4,14,16H,3H2. The van der Waals surface area contributed by atoms with Crippen LogP contribution in [0.2, 0.25) is 4.47 Å². The van der Waals surface area contributed by atoms with Gasteiger partial charge in [0.1, 0.15) is 0 Å². The molecule has 3 nitrogen and oxygen atoms in total. The summed E-state index contributed by atoms with van der Waals surface area (Å²) in [6.45, 7) is 0.370. The highest BCUT2D eigenvalue weighted by atomic mass is 35.5. The Bertz CT molecular complexity index is 524. The lowest BCUT2D eigenvalue weighted by molar-refractivity contribution is 0.407. The molecule has 2 rings (SSSR count). The third-order valence-electron chi connectivity index (χ3n) is 2.00. The first-order chi connectivity index (χ1) is 8.06. The van der Waals surface area contributed by atoms with E-state index in [9.17, 15) is 8.78 Å². The number of thiazole rings is 1. The van der Waals surface area contributed by atoms with Crippen LogP contribution in [0.25, 0.3) is 0 Å². The Hall–Kier alpha value is -1.40. The molecule has 0 spiro atoms. The van der Waals surface area contributed by atoms with E-state index >= 15 is 0 Å². The molecule has 0 saturated heterocycles. The maximum atomic E-state index is 13.0. The molecule has 1 aromatic carbocycles. The predicted octanol–water partition coefficient (Wildman–Crippen LogP) is 3.39. The predicted molar refractivity (Wildman–Crippen MR) is 62.5 cm³/mol. The molecule has 90 valence electrons. The van der Waals surface area contributed by atoms with Crippen molar-refractivity contribution in [3.05, 3.63) is 39.3 Å². The Morgan fingerprint density at radius 1 is 1.41 bits per heavy atom. The minimum absolute atomic E-state index is 0.283. The molecule has 0 aliphatic carbocycles. The average Bonchev–Trinajstić information content (AvgIpc) is 2.69. The molecule has 0 radical (unpaired) electrons. The fourth-order valence-electron chi connectivity index (χ4n) is 1.23. The molecule has 0 aliphatic heterocycles. The van der Waals surface area contributed by atoms with Crippen molar-refractivity contribution in [1.29, 1.82) is 0 Å². The number of aromatic nitrogens is 1. The van der Waals surface area contributed by atoms with Crippen molar-refractivity contribution in [3.8, 4) is 5.75 Å². The summed E-state index contributed by atoms with van der Waals surface area (Å²) < 4.78 is 26.2. The van der Waals surface area contributed by atoms with E-state index in [0.29, 0.717) is 11.0 Å². The summed E-state index contributed by atoms with van der Waals surface area (Å²) in [5.74, 6) is -3.08. The second-order valence-electron chi connectivity index (χ2n) is 3.22. The molecule has 0 amide bonds. The van der Waals surface area contributed by atoms with Crippen molar-refractivity contribution in [1.82, 2.24) is 4.98 Å². The maximum absolute atomic E-state index is 13.0. The summed E-state index contributed by atoms with van der Waals surface area (Å²) in [5, 5.41) is 11.9. The van der Waals surface area contributed by atoms with Gasteiger partial charge in [-0.3, -0.25) is 0 Å². The van der Waals surface area contributed by atoms with Crippen LogP contribution in [-0.2, 0) is 6.54 Å². The Morgan fingerprint density at radius 2 is 2.18 bits per heavy atom. The Labute approximate surface area is 105 Å². The van der Waals surface area contributed by atoms with E-state index in [0.717, 1.165) is 17.0 Å². The van der Waals surface area contributed by atoms with Crippen LogP contribution in [0.5, 0.6) is 5.75 Å². The molecule has 0 fully saturated rings. The van der Waals surface area contributed by atoms with Crippen LogP contribution >= 0.6 is 22.9 Å². The molecule has 0 aliphatic rings. The van der Waals surface area contributed by atoms with Gasteiger partial charge in [-0.1, -0.05) is 11.6 Å². The number of nitrogens with zero attached hydrogens (tertiary/aromatic N) is 1. The number of anilines is 1. The number of aromatic hydroxyl groups is 1. The number of hydrogen-bond acceptors (Lipinski definition) is 4. The number of phenolic OH excluding ortho intramolecular Hbond substituents is 1. The van der Waals surface area contributed by atoms with Gasteiger partial charge in [0.2, 0.25) is 0 Å². The molecule has 0 bridgehead atoms. The number of phenols is 1. The van der Waals surface area contributed by atoms with E-state index in [1.54, 1.807) is 6.20 Å². The molecule has 17 heavy (non-hydrogen) atoms. The van der Waals surface area contributed by atoms with Crippen molar-refractivity contribution >= 4 is 28.6 Å². The van der Waals surface area contributed by atoms with Crippen molar-refractivity contribution in [2.75, 3.05) is 5.32 Å². The van der Waals surface area contributed by atoms with Crippen molar-refractivity contribution in [2.45, 2.75) is 6.54 Å². The molecule has 2 aromatic rings. The molecule has 7 heteroatoms. The molecule has 1 heterocycles. The summed E-state index contributed by atoms with van der Waals surface area (Å²) in [4.78, 5) is 4.69. The maximum Gasteiger partial charge on any atom is 0.200 e. The van der Waals surface area contributed by atoms with Gasteiger partial charge in [-0.2, -0.15) is 4.39 Å². The number of hydrogen-bond donors (Lipinski definition) is 2. The van der Waals surface area contributed by atoms with E-state index in [1.165, 1.54) is 11.3 Å². The first kappa shape index (κ1) is 12.1. The molecular weight excluding hydrogens is 270 g/mol. The van der Waals surface area contributed by atoms with Crippen LogP contribution in [0.4, 0.5) is 14.5 Å². The van der Waals surface area contributed by atoms with Crippen LogP contribution in [0, 0.1) is 11.6 Å². The van der Waals surface area contributed by atoms with Crippen LogP contribution in [0.15, 0.2) is 18.3 Å². The number of benzene rings is 1. The SMILES string of the molecule is Oc1cc(NCc2cnc(Cl)s2)cc(F)c1F. The zero-order valence-electron chi connectivity index (χ0n) is 8.38. The van der Waals surface area contributed by atoms with Gasteiger partial charge in [0.15, 0.2) is 21.9 Å². The fourth-order valence-corrected chi connectivity index (χ4v) is 2.15. The van der Waals surface area contributed by atoms with Gasteiger partial charge in [0.05, 0.1) is 6.54 Å². The molecule has 0 atom stereocenters. The molecule has 2 N–H and O–H groups in total. The summed E-state index contributed by atoms with van der Waals surface area (Å²) in [7, 11) is 0. The highest BCUT2D eigenvalue weighted by Gasteiger charge is 2.09. The number of halogens is 3. The second kappa shape index (κ2) is 4.85. The highest BCUT2D eigenvalue weighted by molar-refractivity contribution is 7.15. The van der Waals surface area contributed by atoms with Crippen molar-refractivity contribution in [3.63, 3.8) is 0 Å². The first-order valence-electron chi connectivity index (χ1n) is 4.58. The quantitative estimate of drug-likeness (QED) is 0.903. The van der Waals surface area contributed by atoms with Gasteiger partial charge in [0.25, 0.3) is 0 Å². The van der Waals surface area contributed by atoms with E-state index in [2.05, 4.69) is 10.3 Å². The van der Waals surface area contributed by atoms with Gasteiger partial charge in [-0.05, 0) is 0 Å². The molecule has 1 aromatic heterocycles. The van der Waals surface area contributed by atoms with Crippen molar-refractivity contribution in [2.24, 2.45) is 0 Å². The van der Waals surface area contributed by atoms with E-state index in [4.69, 9.17) is 16.7 Å². The van der Waals surface area contributed by atoms with Crippen LogP contribution in [-0.4, -0.2) is 10.1 Å². The topological polar surface area (TPSA) is 45.1 Å². The largest absolute Gasteiger partial charge is 0.505 e. The summed E-state index contributed by atoms with van der Waals surface area (Å²) in [6.07, 6.45) is 1.58. The van der Waals surface area contributed by atoms with Gasteiger partial charge in [0, 0.05) is 28.9 Å². The minimum Gasteiger partial charge on any atom is -0.505 e. The normalized spacial score (nSPS) is 10.5. The van der Waals surface area contributed by atoms with E-state index < -0.39 is 17.4 Å². The van der Waals surface area contributed by atoms with Gasteiger partial charge < -0.3 is 10.4 Å². The Balaban J connectivity index is 2.09. The fraction of sp³-hybridized carbons (Fsp3) is 0.100. The second-order valence-corrected chi connectivity index (χ2v) is 4.92. The summed E-state index contributed by atoms with van der Waals surface area (Å²) in [5.41, 5.74) is 0.283. The molecule has 0 unspecified atom stereocenters. The summed E-state index contributed by atoms with van der Waals surface area (Å²) >= 11 is 6.92.